The van der Waals surface area contributed by atoms with Crippen LogP contribution in [-0.2, 0) is 16.1 Å². The number of piperazine rings is 1. The number of ether oxygens (including phenoxy) is 2. The maximum Gasteiger partial charge on any atom is 0.158 e. The molecule has 8 heteroatoms. The highest BCUT2D eigenvalue weighted by atomic mass is 28.3. The zero-order chi connectivity index (χ0) is 18.1. The Bertz CT molecular complexity index is 748. The standard InChI is InChI=1S/C18H29N5O2Si/c1-26(2,3)7-6-24-12-16-21-17-15(4-5-19-17)18(22-16)23-8-13-10-25-11-14(9-23)20-13/h4-5,13-14,20H,6-12H2,1-3H3,(H,19,21,22). The number of hydrogen-bond donors (Lipinski definition) is 2. The molecule has 2 fully saturated rings. The Hall–Kier alpha value is -1.48. The van der Waals surface area contributed by atoms with Crippen molar-refractivity contribution >= 4 is 24.9 Å². The molecule has 2 unspecified atom stereocenters. The van der Waals surface area contributed by atoms with Crippen LogP contribution in [0.1, 0.15) is 5.82 Å². The van der Waals surface area contributed by atoms with Crippen molar-refractivity contribution in [1.29, 1.82) is 0 Å². The molecule has 7 nitrogen and oxygen atoms in total. The van der Waals surface area contributed by atoms with Crippen molar-refractivity contribution in [3.05, 3.63) is 18.1 Å². The van der Waals surface area contributed by atoms with Crippen LogP contribution in [0.5, 0.6) is 0 Å². The van der Waals surface area contributed by atoms with Gasteiger partial charge in [-0.15, -0.1) is 0 Å². The second-order valence-electron chi connectivity index (χ2n) is 8.57. The van der Waals surface area contributed by atoms with Gasteiger partial charge in [-0.05, 0) is 12.1 Å². The number of aromatic amines is 1. The maximum atomic E-state index is 5.88. The van der Waals surface area contributed by atoms with Crippen LogP contribution in [-0.4, -0.2) is 68.0 Å². The first-order chi connectivity index (χ1) is 12.5. The van der Waals surface area contributed by atoms with E-state index < -0.39 is 8.07 Å². The van der Waals surface area contributed by atoms with Crippen LogP contribution in [0.15, 0.2) is 12.3 Å². The summed E-state index contributed by atoms with van der Waals surface area (Å²) < 4.78 is 11.5. The third-order valence-electron chi connectivity index (χ3n) is 4.96. The van der Waals surface area contributed by atoms with Crippen molar-refractivity contribution in [2.24, 2.45) is 0 Å². The molecule has 2 aliphatic heterocycles. The summed E-state index contributed by atoms with van der Waals surface area (Å²) >= 11 is 0. The van der Waals surface area contributed by atoms with Crippen molar-refractivity contribution in [2.45, 2.75) is 44.4 Å². The first-order valence-electron chi connectivity index (χ1n) is 9.48. The predicted molar refractivity (Wildman–Crippen MR) is 105 cm³/mol. The summed E-state index contributed by atoms with van der Waals surface area (Å²) in [6, 6.07) is 3.95. The second kappa shape index (κ2) is 7.26. The Morgan fingerprint density at radius 2 is 2.00 bits per heavy atom. The Labute approximate surface area is 155 Å². The van der Waals surface area contributed by atoms with Gasteiger partial charge < -0.3 is 24.7 Å². The fraction of sp³-hybridized carbons (Fsp3) is 0.667. The van der Waals surface area contributed by atoms with Crippen molar-refractivity contribution < 1.29 is 9.47 Å². The number of anilines is 1. The molecule has 0 amide bonds. The van der Waals surface area contributed by atoms with Crippen LogP contribution >= 0.6 is 0 Å². The van der Waals surface area contributed by atoms with Crippen LogP contribution in [0, 0.1) is 0 Å². The first-order valence-corrected chi connectivity index (χ1v) is 13.2. The number of hydrogen-bond acceptors (Lipinski definition) is 6. The molecule has 0 aliphatic carbocycles. The maximum absolute atomic E-state index is 5.88. The van der Waals surface area contributed by atoms with Crippen LogP contribution in [0.4, 0.5) is 5.82 Å². The lowest BCUT2D eigenvalue weighted by Crippen LogP contribution is -2.63. The smallest absolute Gasteiger partial charge is 0.158 e. The van der Waals surface area contributed by atoms with Crippen molar-refractivity contribution in [1.82, 2.24) is 20.3 Å². The molecule has 0 saturated carbocycles. The Kier molecular flexibility index (Phi) is 5.00. The molecule has 2 aliphatic rings. The summed E-state index contributed by atoms with van der Waals surface area (Å²) in [5.74, 6) is 1.77. The summed E-state index contributed by atoms with van der Waals surface area (Å²) in [6.07, 6.45) is 1.94. The van der Waals surface area contributed by atoms with Gasteiger partial charge >= 0.3 is 0 Å². The molecule has 142 valence electrons. The summed E-state index contributed by atoms with van der Waals surface area (Å²) in [7, 11) is -1.08. The molecule has 0 spiro atoms. The highest BCUT2D eigenvalue weighted by molar-refractivity contribution is 6.76. The van der Waals surface area contributed by atoms with Crippen LogP contribution in [0.25, 0.3) is 11.0 Å². The van der Waals surface area contributed by atoms with Gasteiger partial charge in [0.25, 0.3) is 0 Å². The van der Waals surface area contributed by atoms with E-state index in [1.807, 2.05) is 6.20 Å². The zero-order valence-electron chi connectivity index (χ0n) is 15.9. The molecule has 2 N–H and O–H groups in total. The predicted octanol–water partition coefficient (Wildman–Crippen LogP) is 1.99. The molecular formula is C18H29N5O2Si. The van der Waals surface area contributed by atoms with Gasteiger partial charge in [0, 0.05) is 46.1 Å². The number of rotatable bonds is 6. The van der Waals surface area contributed by atoms with E-state index in [-0.39, 0.29) is 0 Å². The molecular weight excluding hydrogens is 346 g/mol. The van der Waals surface area contributed by atoms with Gasteiger partial charge in [-0.2, -0.15) is 0 Å². The molecule has 4 rings (SSSR count). The summed E-state index contributed by atoms with van der Waals surface area (Å²) in [6.45, 7) is 11.7. The second-order valence-corrected chi connectivity index (χ2v) is 14.2. The normalized spacial score (nSPS) is 23.6. The SMILES string of the molecule is C[Si](C)(C)CCOCc1nc(N2CC3COCC(C2)N3)c2cc[nH]c2n1. The average molecular weight is 376 g/mol. The van der Waals surface area contributed by atoms with Crippen LogP contribution in [0.2, 0.25) is 25.7 Å². The Balaban J connectivity index is 1.51. The lowest BCUT2D eigenvalue weighted by atomic mass is 10.1. The number of fused-ring (bicyclic) bond motifs is 3. The average Bonchev–Trinajstić information content (AvgIpc) is 3.05. The van der Waals surface area contributed by atoms with E-state index in [0.29, 0.717) is 18.7 Å². The van der Waals surface area contributed by atoms with Gasteiger partial charge in [0.1, 0.15) is 18.1 Å². The minimum atomic E-state index is -1.08. The minimum Gasteiger partial charge on any atom is -0.378 e. The van der Waals surface area contributed by atoms with E-state index >= 15 is 0 Å². The lowest BCUT2D eigenvalue weighted by Gasteiger charge is -2.42. The summed E-state index contributed by atoms with van der Waals surface area (Å²) in [5, 5.41) is 4.71. The molecule has 0 radical (unpaired) electrons. The van der Waals surface area contributed by atoms with Gasteiger partial charge in [0.15, 0.2) is 5.82 Å². The molecule has 26 heavy (non-hydrogen) atoms. The van der Waals surface area contributed by atoms with Crippen LogP contribution < -0.4 is 10.2 Å². The van der Waals surface area contributed by atoms with Gasteiger partial charge in [-0.25, -0.2) is 9.97 Å². The molecule has 2 aromatic rings. The van der Waals surface area contributed by atoms with Crippen LogP contribution in [0.3, 0.4) is 0 Å². The number of nitrogens with one attached hydrogen (secondary N) is 2. The number of aromatic nitrogens is 3. The van der Waals surface area contributed by atoms with Crippen molar-refractivity contribution in [3.8, 4) is 0 Å². The van der Waals surface area contributed by atoms with Crippen molar-refractivity contribution in [2.75, 3.05) is 37.8 Å². The van der Waals surface area contributed by atoms with Gasteiger partial charge in [-0.3, -0.25) is 0 Å². The number of nitrogens with zero attached hydrogens (tertiary/aromatic N) is 3. The minimum absolute atomic E-state index is 0.364. The van der Waals surface area contributed by atoms with E-state index in [9.17, 15) is 0 Å². The van der Waals surface area contributed by atoms with Crippen molar-refractivity contribution in [3.63, 3.8) is 0 Å². The number of H-pyrrole nitrogens is 1. The fourth-order valence-electron chi connectivity index (χ4n) is 3.59. The molecule has 2 bridgehead atoms. The highest BCUT2D eigenvalue weighted by Gasteiger charge is 2.32. The first kappa shape index (κ1) is 17.9. The monoisotopic (exact) mass is 375 g/mol. The van der Waals surface area contributed by atoms with Gasteiger partial charge in [0.2, 0.25) is 0 Å². The van der Waals surface area contributed by atoms with E-state index in [1.54, 1.807) is 0 Å². The number of morpholine rings is 1. The molecule has 2 atom stereocenters. The fourth-order valence-corrected chi connectivity index (χ4v) is 4.35. The van der Waals surface area contributed by atoms with E-state index in [1.165, 1.54) is 0 Å². The van der Waals surface area contributed by atoms with Gasteiger partial charge in [0.05, 0.1) is 18.6 Å². The quantitative estimate of drug-likeness (QED) is 0.594. The van der Waals surface area contributed by atoms with E-state index in [4.69, 9.17) is 14.5 Å². The largest absolute Gasteiger partial charge is 0.378 e. The lowest BCUT2D eigenvalue weighted by molar-refractivity contribution is 0.0374. The summed E-state index contributed by atoms with van der Waals surface area (Å²) in [4.78, 5) is 15.1. The zero-order valence-corrected chi connectivity index (χ0v) is 16.9. The topological polar surface area (TPSA) is 75.3 Å². The summed E-state index contributed by atoms with van der Waals surface area (Å²) in [5.41, 5.74) is 0.888. The molecule has 2 saturated heterocycles. The third-order valence-corrected chi connectivity index (χ3v) is 6.66. The van der Waals surface area contributed by atoms with E-state index in [0.717, 1.165) is 61.6 Å². The molecule has 2 aromatic heterocycles. The Morgan fingerprint density at radius 3 is 2.73 bits per heavy atom. The van der Waals surface area contributed by atoms with E-state index in [2.05, 4.69) is 45.9 Å². The van der Waals surface area contributed by atoms with Gasteiger partial charge in [-0.1, -0.05) is 19.6 Å². The molecule has 0 aromatic carbocycles. The Morgan fingerprint density at radius 1 is 1.23 bits per heavy atom. The third kappa shape index (κ3) is 4.09. The highest BCUT2D eigenvalue weighted by Crippen LogP contribution is 2.26. The molecule has 4 heterocycles.